The highest BCUT2D eigenvalue weighted by Gasteiger charge is 2.17. The summed E-state index contributed by atoms with van der Waals surface area (Å²) in [6.07, 6.45) is 7.60. The third-order valence-corrected chi connectivity index (χ3v) is 4.24. The van der Waals surface area contributed by atoms with Crippen LogP contribution in [0.15, 0.2) is 36.7 Å². The second-order valence-electron chi connectivity index (χ2n) is 5.94. The molecule has 0 radical (unpaired) electrons. The molecule has 0 spiro atoms. The summed E-state index contributed by atoms with van der Waals surface area (Å²) in [7, 11) is 0. The summed E-state index contributed by atoms with van der Waals surface area (Å²) < 4.78 is 1.51. The number of carbonyl (C=O) groups excluding carboxylic acids is 2. The molecule has 2 N–H and O–H groups in total. The third kappa shape index (κ3) is 4.35. The average molecular weight is 347 g/mol. The van der Waals surface area contributed by atoms with Crippen molar-refractivity contribution in [1.82, 2.24) is 15.1 Å². The first-order valence-electron chi connectivity index (χ1n) is 7.99. The predicted molar refractivity (Wildman–Crippen MR) is 92.0 cm³/mol. The van der Waals surface area contributed by atoms with Gasteiger partial charge < -0.3 is 10.6 Å². The van der Waals surface area contributed by atoms with Crippen LogP contribution in [-0.2, 0) is 11.3 Å². The van der Waals surface area contributed by atoms with Crippen LogP contribution in [0.5, 0.6) is 0 Å². The number of benzene rings is 1. The highest BCUT2D eigenvalue weighted by Crippen LogP contribution is 2.17. The first kappa shape index (κ1) is 16.5. The zero-order valence-corrected chi connectivity index (χ0v) is 13.9. The van der Waals surface area contributed by atoms with Crippen LogP contribution in [0.1, 0.15) is 36.0 Å². The molecule has 1 heterocycles. The van der Waals surface area contributed by atoms with Crippen molar-refractivity contribution in [2.24, 2.45) is 0 Å². The van der Waals surface area contributed by atoms with Crippen LogP contribution < -0.4 is 10.6 Å². The van der Waals surface area contributed by atoms with E-state index in [9.17, 15) is 9.59 Å². The number of carbonyl (C=O) groups is 2. The molecule has 0 bridgehead atoms. The summed E-state index contributed by atoms with van der Waals surface area (Å²) in [5, 5.41) is 10.4. The molecular formula is C17H19ClN4O2. The molecule has 1 aliphatic rings. The zero-order chi connectivity index (χ0) is 16.9. The number of nitrogens with one attached hydrogen (secondary N) is 2. The lowest BCUT2D eigenvalue weighted by Gasteiger charge is -2.11. The van der Waals surface area contributed by atoms with E-state index in [1.54, 1.807) is 30.5 Å². The van der Waals surface area contributed by atoms with Gasteiger partial charge in [-0.15, -0.1) is 0 Å². The number of halogens is 1. The molecule has 1 aromatic carbocycles. The van der Waals surface area contributed by atoms with Gasteiger partial charge in [-0.05, 0) is 31.0 Å². The molecule has 0 atom stereocenters. The smallest absolute Gasteiger partial charge is 0.255 e. The Hall–Kier alpha value is -2.34. The molecule has 7 heteroatoms. The average Bonchev–Trinajstić information content (AvgIpc) is 3.19. The summed E-state index contributed by atoms with van der Waals surface area (Å²) in [5.41, 5.74) is 1.00. The predicted octanol–water partition coefficient (Wildman–Crippen LogP) is 2.85. The fourth-order valence-corrected chi connectivity index (χ4v) is 3.03. The number of amides is 2. The van der Waals surface area contributed by atoms with Crippen molar-refractivity contribution in [2.45, 2.75) is 38.3 Å². The molecule has 1 aliphatic carbocycles. The molecule has 1 saturated carbocycles. The highest BCUT2D eigenvalue weighted by atomic mass is 35.5. The van der Waals surface area contributed by atoms with E-state index >= 15 is 0 Å². The molecule has 2 amide bonds. The Bertz CT molecular complexity index is 738. The topological polar surface area (TPSA) is 76.0 Å². The summed E-state index contributed by atoms with van der Waals surface area (Å²) in [4.78, 5) is 24.1. The number of hydrogen-bond donors (Lipinski definition) is 2. The highest BCUT2D eigenvalue weighted by molar-refractivity contribution is 6.31. The van der Waals surface area contributed by atoms with Gasteiger partial charge in [0, 0.05) is 22.8 Å². The van der Waals surface area contributed by atoms with Gasteiger partial charge in [0.05, 0.1) is 11.9 Å². The molecule has 0 unspecified atom stereocenters. The maximum atomic E-state index is 12.1. The van der Waals surface area contributed by atoms with E-state index in [0.29, 0.717) is 16.3 Å². The lowest BCUT2D eigenvalue weighted by Crippen LogP contribution is -2.35. The Balaban J connectivity index is 1.55. The Morgan fingerprint density at radius 3 is 2.83 bits per heavy atom. The normalized spacial score (nSPS) is 14.5. The minimum absolute atomic E-state index is 0.0577. The zero-order valence-electron chi connectivity index (χ0n) is 13.2. The monoisotopic (exact) mass is 346 g/mol. The molecule has 1 aromatic heterocycles. The Morgan fingerprint density at radius 1 is 1.29 bits per heavy atom. The van der Waals surface area contributed by atoms with Crippen LogP contribution in [-0.4, -0.2) is 27.6 Å². The van der Waals surface area contributed by atoms with Gasteiger partial charge in [-0.25, -0.2) is 0 Å². The van der Waals surface area contributed by atoms with Crippen molar-refractivity contribution < 1.29 is 9.59 Å². The van der Waals surface area contributed by atoms with Crippen LogP contribution in [0.4, 0.5) is 5.69 Å². The van der Waals surface area contributed by atoms with Gasteiger partial charge in [0.1, 0.15) is 6.54 Å². The van der Waals surface area contributed by atoms with Gasteiger partial charge in [-0.1, -0.05) is 30.5 Å². The lowest BCUT2D eigenvalue weighted by molar-refractivity contribution is -0.122. The number of nitrogens with zero attached hydrogens (tertiary/aromatic N) is 2. The molecule has 0 aliphatic heterocycles. The first-order chi connectivity index (χ1) is 11.6. The van der Waals surface area contributed by atoms with Crippen molar-refractivity contribution in [1.29, 1.82) is 0 Å². The van der Waals surface area contributed by atoms with E-state index < -0.39 is 0 Å². The van der Waals surface area contributed by atoms with Crippen LogP contribution >= 0.6 is 11.6 Å². The fraction of sp³-hybridized carbons (Fsp3) is 0.353. The van der Waals surface area contributed by atoms with Crippen LogP contribution in [0, 0.1) is 0 Å². The van der Waals surface area contributed by atoms with E-state index in [2.05, 4.69) is 15.7 Å². The van der Waals surface area contributed by atoms with Crippen molar-refractivity contribution in [2.75, 3.05) is 5.32 Å². The largest absolute Gasteiger partial charge is 0.352 e. The van der Waals surface area contributed by atoms with Crippen molar-refractivity contribution in [3.05, 3.63) is 47.2 Å². The maximum Gasteiger partial charge on any atom is 0.255 e. The molecule has 24 heavy (non-hydrogen) atoms. The van der Waals surface area contributed by atoms with Gasteiger partial charge in [-0.2, -0.15) is 5.10 Å². The van der Waals surface area contributed by atoms with Gasteiger partial charge >= 0.3 is 0 Å². The standard InChI is InChI=1S/C17H19ClN4O2/c18-13-5-3-4-12(8-13)17(24)21-15-9-19-22(10-15)11-16(23)20-14-6-1-2-7-14/h3-5,8-10,14H,1-2,6-7,11H2,(H,20,23)(H,21,24). The number of hydrogen-bond acceptors (Lipinski definition) is 3. The molecule has 2 aromatic rings. The maximum absolute atomic E-state index is 12.1. The molecule has 1 fully saturated rings. The minimum Gasteiger partial charge on any atom is -0.352 e. The van der Waals surface area contributed by atoms with Crippen LogP contribution in [0.2, 0.25) is 5.02 Å². The second kappa shape index (κ2) is 7.49. The van der Waals surface area contributed by atoms with E-state index in [-0.39, 0.29) is 24.4 Å². The van der Waals surface area contributed by atoms with E-state index in [1.807, 2.05) is 0 Å². The fourth-order valence-electron chi connectivity index (χ4n) is 2.84. The lowest BCUT2D eigenvalue weighted by atomic mass is 10.2. The minimum atomic E-state index is -0.271. The van der Waals surface area contributed by atoms with Gasteiger partial charge in [-0.3, -0.25) is 14.3 Å². The Labute approximate surface area is 145 Å². The SMILES string of the molecule is O=C(Cn1cc(NC(=O)c2cccc(Cl)c2)cn1)NC1CCCC1. The Kier molecular flexibility index (Phi) is 5.15. The van der Waals surface area contributed by atoms with Gasteiger partial charge in [0.25, 0.3) is 5.91 Å². The second-order valence-corrected chi connectivity index (χ2v) is 6.38. The quantitative estimate of drug-likeness (QED) is 0.874. The summed E-state index contributed by atoms with van der Waals surface area (Å²) in [6, 6.07) is 6.99. The van der Waals surface area contributed by atoms with Crippen LogP contribution in [0.3, 0.4) is 0 Å². The van der Waals surface area contributed by atoms with Crippen molar-refractivity contribution >= 4 is 29.1 Å². The Morgan fingerprint density at radius 2 is 2.08 bits per heavy atom. The summed E-state index contributed by atoms with van der Waals surface area (Å²) in [5.74, 6) is -0.329. The van der Waals surface area contributed by atoms with Gasteiger partial charge in [0.2, 0.25) is 5.91 Å². The molecule has 3 rings (SSSR count). The summed E-state index contributed by atoms with van der Waals surface area (Å²) in [6.45, 7) is 0.142. The molecule has 126 valence electrons. The van der Waals surface area contributed by atoms with E-state index in [0.717, 1.165) is 12.8 Å². The molecule has 6 nitrogen and oxygen atoms in total. The van der Waals surface area contributed by atoms with Crippen LogP contribution in [0.25, 0.3) is 0 Å². The van der Waals surface area contributed by atoms with Crippen molar-refractivity contribution in [3.63, 3.8) is 0 Å². The van der Waals surface area contributed by atoms with E-state index in [1.165, 1.54) is 23.7 Å². The third-order valence-electron chi connectivity index (χ3n) is 4.00. The number of anilines is 1. The first-order valence-corrected chi connectivity index (χ1v) is 8.37. The summed E-state index contributed by atoms with van der Waals surface area (Å²) >= 11 is 5.88. The number of aromatic nitrogens is 2. The number of rotatable bonds is 5. The molecular weight excluding hydrogens is 328 g/mol. The van der Waals surface area contributed by atoms with Crippen molar-refractivity contribution in [3.8, 4) is 0 Å². The van der Waals surface area contributed by atoms with E-state index in [4.69, 9.17) is 11.6 Å². The molecule has 0 saturated heterocycles. The van der Waals surface area contributed by atoms with Gasteiger partial charge in [0.15, 0.2) is 0 Å².